The Morgan fingerprint density at radius 1 is 1.41 bits per heavy atom. The number of aromatic nitrogens is 2. The van der Waals surface area contributed by atoms with E-state index in [0.717, 1.165) is 44.2 Å². The quantitative estimate of drug-likeness (QED) is 0.835. The van der Waals surface area contributed by atoms with Crippen molar-refractivity contribution in [3.05, 3.63) is 11.7 Å². The molecule has 1 aliphatic heterocycles. The summed E-state index contributed by atoms with van der Waals surface area (Å²) < 4.78 is 5.19. The lowest BCUT2D eigenvalue weighted by molar-refractivity contribution is 0.188. The minimum absolute atomic E-state index is 0.673. The molecule has 0 aromatic carbocycles. The minimum Gasteiger partial charge on any atom is -0.339 e. The molecule has 2 rings (SSSR count). The average Bonchev–Trinajstić information content (AvgIpc) is 2.78. The molecule has 0 saturated carbocycles. The van der Waals surface area contributed by atoms with Gasteiger partial charge in [-0.3, -0.25) is 4.90 Å². The maximum absolute atomic E-state index is 5.19. The van der Waals surface area contributed by atoms with Gasteiger partial charge in [0.25, 0.3) is 0 Å². The molecule has 5 heteroatoms. The van der Waals surface area contributed by atoms with Crippen molar-refractivity contribution in [2.75, 3.05) is 20.1 Å². The van der Waals surface area contributed by atoms with Gasteiger partial charge in [-0.15, -0.1) is 0 Å². The summed E-state index contributed by atoms with van der Waals surface area (Å²) in [6.07, 6.45) is 4.34. The van der Waals surface area contributed by atoms with Crippen molar-refractivity contribution in [2.45, 2.75) is 45.2 Å². The molecule has 1 aromatic heterocycles. The Hall–Kier alpha value is -0.940. The van der Waals surface area contributed by atoms with Crippen molar-refractivity contribution < 1.29 is 4.52 Å². The maximum atomic E-state index is 5.19. The fourth-order valence-electron chi connectivity index (χ4n) is 2.25. The molecule has 1 aliphatic rings. The largest absolute Gasteiger partial charge is 0.339 e. The molecule has 0 aliphatic carbocycles. The molecule has 0 radical (unpaired) electrons. The van der Waals surface area contributed by atoms with Crippen LogP contribution in [0.25, 0.3) is 0 Å². The predicted octanol–water partition coefficient (Wildman–Crippen LogP) is 1.21. The monoisotopic (exact) mass is 238 g/mol. The van der Waals surface area contributed by atoms with Gasteiger partial charge >= 0.3 is 0 Å². The van der Waals surface area contributed by atoms with Gasteiger partial charge in [0.15, 0.2) is 5.82 Å². The number of piperidine rings is 1. The molecule has 1 aromatic rings. The topological polar surface area (TPSA) is 54.2 Å². The molecule has 96 valence electrons. The SMILES string of the molecule is CCCc1nc(CN2CCC(NC)CC2)no1. The number of hydrogen-bond donors (Lipinski definition) is 1. The van der Waals surface area contributed by atoms with Gasteiger partial charge in [0.05, 0.1) is 6.54 Å². The smallest absolute Gasteiger partial charge is 0.226 e. The first-order valence-electron chi connectivity index (χ1n) is 6.53. The van der Waals surface area contributed by atoms with Crippen LogP contribution in [0.2, 0.25) is 0 Å². The summed E-state index contributed by atoms with van der Waals surface area (Å²) in [5.41, 5.74) is 0. The Balaban J connectivity index is 1.80. The van der Waals surface area contributed by atoms with E-state index in [9.17, 15) is 0 Å². The zero-order chi connectivity index (χ0) is 12.1. The van der Waals surface area contributed by atoms with Crippen molar-refractivity contribution >= 4 is 0 Å². The highest BCUT2D eigenvalue weighted by Crippen LogP contribution is 2.12. The highest BCUT2D eigenvalue weighted by atomic mass is 16.5. The first-order chi connectivity index (χ1) is 8.31. The van der Waals surface area contributed by atoms with Crippen LogP contribution < -0.4 is 5.32 Å². The van der Waals surface area contributed by atoms with E-state index < -0.39 is 0 Å². The van der Waals surface area contributed by atoms with E-state index in [0.29, 0.717) is 6.04 Å². The summed E-state index contributed by atoms with van der Waals surface area (Å²) in [4.78, 5) is 6.80. The van der Waals surface area contributed by atoms with Crippen molar-refractivity contribution in [2.24, 2.45) is 0 Å². The molecule has 0 unspecified atom stereocenters. The first-order valence-corrected chi connectivity index (χ1v) is 6.53. The van der Waals surface area contributed by atoms with Gasteiger partial charge in [0.2, 0.25) is 5.89 Å². The Morgan fingerprint density at radius 2 is 2.18 bits per heavy atom. The molecule has 2 heterocycles. The van der Waals surface area contributed by atoms with Crippen LogP contribution in [0.5, 0.6) is 0 Å². The third-order valence-electron chi connectivity index (χ3n) is 3.33. The van der Waals surface area contributed by atoms with Crippen LogP contribution in [0, 0.1) is 0 Å². The summed E-state index contributed by atoms with van der Waals surface area (Å²) in [5, 5.41) is 7.36. The standard InChI is InChI=1S/C12H22N4O/c1-3-4-12-14-11(15-17-12)9-16-7-5-10(13-2)6-8-16/h10,13H,3-9H2,1-2H3. The lowest BCUT2D eigenvalue weighted by Crippen LogP contribution is -2.40. The summed E-state index contributed by atoms with van der Waals surface area (Å²) in [6.45, 7) is 5.17. The maximum Gasteiger partial charge on any atom is 0.226 e. The second-order valence-electron chi connectivity index (χ2n) is 4.69. The summed E-state index contributed by atoms with van der Waals surface area (Å²) in [6, 6.07) is 0.673. The molecule has 5 nitrogen and oxygen atoms in total. The van der Waals surface area contributed by atoms with Crippen LogP contribution in [-0.2, 0) is 13.0 Å². The van der Waals surface area contributed by atoms with Crippen molar-refractivity contribution in [1.82, 2.24) is 20.4 Å². The highest BCUT2D eigenvalue weighted by molar-refractivity contribution is 4.88. The third-order valence-corrected chi connectivity index (χ3v) is 3.33. The van der Waals surface area contributed by atoms with E-state index in [4.69, 9.17) is 4.52 Å². The van der Waals surface area contributed by atoms with Crippen LogP contribution >= 0.6 is 0 Å². The molecule has 1 N–H and O–H groups in total. The Morgan fingerprint density at radius 3 is 2.82 bits per heavy atom. The fraction of sp³-hybridized carbons (Fsp3) is 0.833. The molecule has 0 bridgehead atoms. The molecule has 0 atom stereocenters. The van der Waals surface area contributed by atoms with Gasteiger partial charge in [0, 0.05) is 25.6 Å². The minimum atomic E-state index is 0.673. The number of nitrogens with one attached hydrogen (secondary N) is 1. The molecule has 1 fully saturated rings. The summed E-state index contributed by atoms with van der Waals surface area (Å²) in [5.74, 6) is 1.60. The van der Waals surface area contributed by atoms with Crippen LogP contribution in [0.1, 0.15) is 37.9 Å². The van der Waals surface area contributed by atoms with E-state index in [-0.39, 0.29) is 0 Å². The van der Waals surface area contributed by atoms with Gasteiger partial charge < -0.3 is 9.84 Å². The Kier molecular flexibility index (Phi) is 4.50. The van der Waals surface area contributed by atoms with Gasteiger partial charge in [-0.05, 0) is 26.3 Å². The van der Waals surface area contributed by atoms with Gasteiger partial charge in [-0.1, -0.05) is 12.1 Å². The molecule has 17 heavy (non-hydrogen) atoms. The number of likely N-dealkylation sites (tertiary alicyclic amines) is 1. The van der Waals surface area contributed by atoms with Crippen molar-refractivity contribution in [3.63, 3.8) is 0 Å². The number of rotatable bonds is 5. The second-order valence-corrected chi connectivity index (χ2v) is 4.69. The van der Waals surface area contributed by atoms with E-state index in [2.05, 4.69) is 27.3 Å². The first kappa shape index (κ1) is 12.5. The number of hydrogen-bond acceptors (Lipinski definition) is 5. The zero-order valence-corrected chi connectivity index (χ0v) is 10.8. The van der Waals surface area contributed by atoms with Crippen LogP contribution in [0.4, 0.5) is 0 Å². The normalized spacial score (nSPS) is 18.7. The second kappa shape index (κ2) is 6.12. The van der Waals surface area contributed by atoms with Crippen LogP contribution in [0.15, 0.2) is 4.52 Å². The zero-order valence-electron chi connectivity index (χ0n) is 10.8. The molecule has 0 spiro atoms. The molecular weight excluding hydrogens is 216 g/mol. The number of aryl methyl sites for hydroxylation is 1. The van der Waals surface area contributed by atoms with Crippen LogP contribution in [0.3, 0.4) is 0 Å². The van der Waals surface area contributed by atoms with Crippen molar-refractivity contribution in [3.8, 4) is 0 Å². The predicted molar refractivity (Wildman–Crippen MR) is 65.7 cm³/mol. The van der Waals surface area contributed by atoms with E-state index >= 15 is 0 Å². The average molecular weight is 238 g/mol. The molecule has 0 amide bonds. The lowest BCUT2D eigenvalue weighted by atomic mass is 10.1. The van der Waals surface area contributed by atoms with Crippen molar-refractivity contribution in [1.29, 1.82) is 0 Å². The Bertz CT molecular complexity index is 331. The lowest BCUT2D eigenvalue weighted by Gasteiger charge is -2.30. The van der Waals surface area contributed by atoms with E-state index in [1.165, 1.54) is 12.8 Å². The fourth-order valence-corrected chi connectivity index (χ4v) is 2.25. The Labute approximate surface area is 103 Å². The third kappa shape index (κ3) is 3.51. The summed E-state index contributed by atoms with van der Waals surface area (Å²) in [7, 11) is 2.04. The van der Waals surface area contributed by atoms with E-state index in [1.807, 2.05) is 7.05 Å². The molecule has 1 saturated heterocycles. The van der Waals surface area contributed by atoms with E-state index in [1.54, 1.807) is 0 Å². The summed E-state index contributed by atoms with van der Waals surface area (Å²) >= 11 is 0. The highest BCUT2D eigenvalue weighted by Gasteiger charge is 2.19. The molecular formula is C12H22N4O. The van der Waals surface area contributed by atoms with Gasteiger partial charge in [-0.2, -0.15) is 4.98 Å². The van der Waals surface area contributed by atoms with Crippen LogP contribution in [-0.4, -0.2) is 41.2 Å². The van der Waals surface area contributed by atoms with Gasteiger partial charge in [0.1, 0.15) is 0 Å². The number of nitrogens with zero attached hydrogens (tertiary/aromatic N) is 3. The van der Waals surface area contributed by atoms with Gasteiger partial charge in [-0.25, -0.2) is 0 Å².